The maximum Gasteiger partial charge on any atom is 0.272 e. The van der Waals surface area contributed by atoms with Gasteiger partial charge < -0.3 is 0 Å². The van der Waals surface area contributed by atoms with E-state index in [0.29, 0.717) is 16.0 Å². The summed E-state index contributed by atoms with van der Waals surface area (Å²) in [6.45, 7) is 0. The summed E-state index contributed by atoms with van der Waals surface area (Å²) in [4.78, 5) is 25.3. The fourth-order valence-corrected chi connectivity index (χ4v) is 3.17. The molecule has 0 fully saturated rings. The molecule has 0 aliphatic carbocycles. The van der Waals surface area contributed by atoms with E-state index < -0.39 is 0 Å². The predicted molar refractivity (Wildman–Crippen MR) is 84.8 cm³/mol. The standard InChI is InChI=1S/C16H10ClNO2S/c17-10-14(11-6-2-1-3-7-11)21-18-15(19)12-8-4-5-9-13(12)16(18)20/h1-10H. The molecule has 1 aliphatic rings. The van der Waals surface area contributed by atoms with Gasteiger partial charge in [-0.25, -0.2) is 4.31 Å². The van der Waals surface area contributed by atoms with E-state index in [2.05, 4.69) is 0 Å². The Kier molecular flexibility index (Phi) is 3.82. The highest BCUT2D eigenvalue weighted by Crippen LogP contribution is 2.36. The van der Waals surface area contributed by atoms with Crippen LogP contribution in [0.3, 0.4) is 0 Å². The van der Waals surface area contributed by atoms with Crippen molar-refractivity contribution in [3.05, 3.63) is 76.8 Å². The lowest BCUT2D eigenvalue weighted by atomic mass is 10.1. The lowest BCUT2D eigenvalue weighted by Crippen LogP contribution is -2.22. The largest absolute Gasteiger partial charge is 0.272 e. The van der Waals surface area contributed by atoms with E-state index in [1.54, 1.807) is 24.3 Å². The van der Waals surface area contributed by atoms with Gasteiger partial charge in [-0.3, -0.25) is 9.59 Å². The Hall–Kier alpha value is -2.04. The van der Waals surface area contributed by atoms with Crippen molar-refractivity contribution in [2.45, 2.75) is 0 Å². The van der Waals surface area contributed by atoms with E-state index >= 15 is 0 Å². The van der Waals surface area contributed by atoms with Crippen LogP contribution in [0.15, 0.2) is 60.1 Å². The number of hydrogen-bond acceptors (Lipinski definition) is 3. The lowest BCUT2D eigenvalue weighted by Gasteiger charge is -2.14. The zero-order chi connectivity index (χ0) is 14.8. The highest BCUT2D eigenvalue weighted by Gasteiger charge is 2.36. The first-order valence-electron chi connectivity index (χ1n) is 6.24. The highest BCUT2D eigenvalue weighted by molar-refractivity contribution is 8.07. The second-order valence-corrected chi connectivity index (χ2v) is 5.59. The molecule has 2 aromatic carbocycles. The molecule has 0 N–H and O–H groups in total. The third kappa shape index (κ3) is 2.48. The molecule has 2 amide bonds. The molecule has 104 valence electrons. The van der Waals surface area contributed by atoms with E-state index in [0.717, 1.165) is 21.8 Å². The molecule has 0 bridgehead atoms. The van der Waals surface area contributed by atoms with Gasteiger partial charge in [-0.1, -0.05) is 54.1 Å². The van der Waals surface area contributed by atoms with E-state index in [-0.39, 0.29) is 11.8 Å². The molecule has 0 spiro atoms. The summed E-state index contributed by atoms with van der Waals surface area (Å²) in [5.41, 5.74) is 3.09. The quantitative estimate of drug-likeness (QED) is 0.630. The van der Waals surface area contributed by atoms with Gasteiger partial charge >= 0.3 is 0 Å². The number of imide groups is 1. The number of fused-ring (bicyclic) bond motifs is 1. The number of halogens is 1. The molecule has 21 heavy (non-hydrogen) atoms. The van der Waals surface area contributed by atoms with Crippen LogP contribution >= 0.6 is 23.5 Å². The molecule has 0 aromatic heterocycles. The monoisotopic (exact) mass is 315 g/mol. The zero-order valence-corrected chi connectivity index (χ0v) is 12.4. The first kappa shape index (κ1) is 13.9. The second-order valence-electron chi connectivity index (χ2n) is 4.38. The molecule has 3 rings (SSSR count). The smallest absolute Gasteiger partial charge is 0.268 e. The minimum atomic E-state index is -0.312. The Morgan fingerprint density at radius 3 is 1.95 bits per heavy atom. The summed E-state index contributed by atoms with van der Waals surface area (Å²) in [6, 6.07) is 16.2. The Bertz CT molecular complexity index is 708. The van der Waals surface area contributed by atoms with Gasteiger partial charge in [0.2, 0.25) is 0 Å². The third-order valence-electron chi connectivity index (χ3n) is 3.10. The van der Waals surface area contributed by atoms with Gasteiger partial charge in [0.15, 0.2) is 0 Å². The van der Waals surface area contributed by atoms with Crippen LogP contribution in [0.4, 0.5) is 0 Å². The zero-order valence-electron chi connectivity index (χ0n) is 10.8. The van der Waals surface area contributed by atoms with Crippen LogP contribution in [0.5, 0.6) is 0 Å². The average Bonchev–Trinajstić information content (AvgIpc) is 2.78. The number of carbonyl (C=O) groups is 2. The molecule has 5 heteroatoms. The topological polar surface area (TPSA) is 37.4 Å². The van der Waals surface area contributed by atoms with Crippen LogP contribution < -0.4 is 0 Å². The van der Waals surface area contributed by atoms with Gasteiger partial charge in [0, 0.05) is 10.4 Å². The van der Waals surface area contributed by atoms with Crippen molar-refractivity contribution in [2.75, 3.05) is 0 Å². The molecule has 0 saturated heterocycles. The number of nitrogens with zero attached hydrogens (tertiary/aromatic N) is 1. The summed E-state index contributed by atoms with van der Waals surface area (Å²) >= 11 is 6.90. The summed E-state index contributed by atoms with van der Waals surface area (Å²) in [5.74, 6) is -0.625. The average molecular weight is 316 g/mol. The van der Waals surface area contributed by atoms with Crippen LogP contribution in [0.1, 0.15) is 26.3 Å². The van der Waals surface area contributed by atoms with Gasteiger partial charge in [0.1, 0.15) is 0 Å². The van der Waals surface area contributed by atoms with Crippen molar-refractivity contribution in [1.82, 2.24) is 4.31 Å². The molecule has 2 aromatic rings. The van der Waals surface area contributed by atoms with Crippen molar-refractivity contribution >= 4 is 40.3 Å². The fraction of sp³-hybridized carbons (Fsp3) is 0. The minimum Gasteiger partial charge on any atom is -0.268 e. The number of hydrogen-bond donors (Lipinski definition) is 0. The van der Waals surface area contributed by atoms with Crippen LogP contribution in [-0.2, 0) is 0 Å². The lowest BCUT2D eigenvalue weighted by molar-refractivity contribution is 0.0778. The molecule has 0 atom stereocenters. The number of carbonyl (C=O) groups excluding carboxylic acids is 2. The predicted octanol–water partition coefficient (Wildman–Crippen LogP) is 4.17. The fourth-order valence-electron chi connectivity index (χ4n) is 2.09. The van der Waals surface area contributed by atoms with Crippen LogP contribution in [-0.4, -0.2) is 16.1 Å². The van der Waals surface area contributed by atoms with Crippen molar-refractivity contribution in [3.63, 3.8) is 0 Å². The summed E-state index contributed by atoms with van der Waals surface area (Å²) < 4.78 is 1.14. The van der Waals surface area contributed by atoms with Crippen molar-refractivity contribution < 1.29 is 9.59 Å². The van der Waals surface area contributed by atoms with E-state index in [4.69, 9.17) is 11.6 Å². The maximum atomic E-state index is 12.3. The Morgan fingerprint density at radius 2 is 1.43 bits per heavy atom. The van der Waals surface area contributed by atoms with E-state index in [1.807, 2.05) is 30.3 Å². The van der Waals surface area contributed by atoms with Crippen molar-refractivity contribution in [1.29, 1.82) is 0 Å². The second kappa shape index (κ2) is 5.76. The van der Waals surface area contributed by atoms with Gasteiger partial charge in [-0.2, -0.15) is 0 Å². The molecule has 1 aliphatic heterocycles. The minimum absolute atomic E-state index is 0.312. The number of benzene rings is 2. The SMILES string of the molecule is O=C1c2ccccc2C(=O)N1SC(=CCl)c1ccccc1. The van der Waals surface area contributed by atoms with Crippen molar-refractivity contribution in [3.8, 4) is 0 Å². The van der Waals surface area contributed by atoms with Gasteiger partial charge in [-0.05, 0) is 29.6 Å². The Morgan fingerprint density at radius 1 is 0.905 bits per heavy atom. The van der Waals surface area contributed by atoms with E-state index in [1.165, 1.54) is 5.54 Å². The first-order chi connectivity index (χ1) is 10.2. The summed E-state index contributed by atoms with van der Waals surface area (Å²) in [6.07, 6.45) is 0. The third-order valence-corrected chi connectivity index (χ3v) is 4.52. The normalized spacial score (nSPS) is 14.5. The van der Waals surface area contributed by atoms with E-state index in [9.17, 15) is 9.59 Å². The number of amides is 2. The maximum absolute atomic E-state index is 12.3. The molecule has 1 heterocycles. The molecular weight excluding hydrogens is 306 g/mol. The van der Waals surface area contributed by atoms with Gasteiger partial charge in [0.05, 0.1) is 11.1 Å². The van der Waals surface area contributed by atoms with Crippen molar-refractivity contribution in [2.24, 2.45) is 0 Å². The molecule has 0 radical (unpaired) electrons. The Balaban J connectivity index is 1.90. The Labute approximate surface area is 131 Å². The molecule has 3 nitrogen and oxygen atoms in total. The molecule has 0 unspecified atom stereocenters. The molecule has 0 saturated carbocycles. The van der Waals surface area contributed by atoms with Gasteiger partial charge in [-0.15, -0.1) is 0 Å². The first-order valence-corrected chi connectivity index (χ1v) is 7.45. The van der Waals surface area contributed by atoms with Crippen LogP contribution in [0, 0.1) is 0 Å². The molecular formula is C16H10ClNO2S. The number of rotatable bonds is 3. The van der Waals surface area contributed by atoms with Crippen LogP contribution in [0.2, 0.25) is 0 Å². The van der Waals surface area contributed by atoms with Gasteiger partial charge in [0.25, 0.3) is 11.8 Å². The summed E-state index contributed by atoms with van der Waals surface area (Å²) in [7, 11) is 0. The van der Waals surface area contributed by atoms with Crippen LogP contribution in [0.25, 0.3) is 4.91 Å². The summed E-state index contributed by atoms with van der Waals surface area (Å²) in [5, 5.41) is 0. The highest BCUT2D eigenvalue weighted by atomic mass is 35.5.